The number of rotatable bonds is 7. The minimum atomic E-state index is -0.940. The standard InChI is InChI=1S/C26H30N6O5/c1-15-20(28-24(33)18-11-7-8-12-19(18)25(34)35)13-14-21(27-15)22-23(32(3)31-30-22)29-26(36)37-16(2)17-9-5-4-6-10-17/h4-6,9-10,13-14,16,18-19H,7-8,11-12H2,1-3H3,(H,28,33)(H,29,36)(H,34,35)/t16?,18-,19-/m0/s1. The summed E-state index contributed by atoms with van der Waals surface area (Å²) >= 11 is 0. The van der Waals surface area contributed by atoms with Crippen LogP contribution < -0.4 is 10.6 Å². The van der Waals surface area contributed by atoms with Crippen molar-refractivity contribution in [1.82, 2.24) is 20.0 Å². The summed E-state index contributed by atoms with van der Waals surface area (Å²) in [6.45, 7) is 3.51. The zero-order valence-corrected chi connectivity index (χ0v) is 21.0. The zero-order chi connectivity index (χ0) is 26.5. The van der Waals surface area contributed by atoms with Gasteiger partial charge >= 0.3 is 12.1 Å². The first-order valence-electron chi connectivity index (χ1n) is 12.2. The molecule has 0 spiro atoms. The van der Waals surface area contributed by atoms with Gasteiger partial charge in [-0.2, -0.15) is 0 Å². The average molecular weight is 507 g/mol. The Labute approximate surface area is 214 Å². The van der Waals surface area contributed by atoms with Crippen molar-refractivity contribution in [1.29, 1.82) is 0 Å². The number of aromatic nitrogens is 4. The predicted octanol–water partition coefficient (Wildman–Crippen LogP) is 4.32. The lowest BCUT2D eigenvalue weighted by Crippen LogP contribution is -2.36. The molecule has 1 unspecified atom stereocenters. The molecule has 2 heterocycles. The van der Waals surface area contributed by atoms with Crippen molar-refractivity contribution in [3.63, 3.8) is 0 Å². The second kappa shape index (κ2) is 11.2. The molecule has 1 saturated carbocycles. The summed E-state index contributed by atoms with van der Waals surface area (Å²) in [5, 5.41) is 23.2. The fourth-order valence-electron chi connectivity index (χ4n) is 4.54. The van der Waals surface area contributed by atoms with Crippen LogP contribution in [0.3, 0.4) is 0 Å². The van der Waals surface area contributed by atoms with Gasteiger partial charge in [0.2, 0.25) is 5.91 Å². The molecule has 1 fully saturated rings. The highest BCUT2D eigenvalue weighted by atomic mass is 16.6. The number of amides is 2. The molecule has 4 rings (SSSR count). The number of pyridine rings is 1. The third-order valence-corrected chi connectivity index (χ3v) is 6.61. The highest BCUT2D eigenvalue weighted by molar-refractivity contribution is 5.96. The number of nitrogens with zero attached hydrogens (tertiary/aromatic N) is 4. The van der Waals surface area contributed by atoms with Gasteiger partial charge in [-0.05, 0) is 44.4 Å². The van der Waals surface area contributed by atoms with Crippen molar-refractivity contribution in [2.24, 2.45) is 18.9 Å². The van der Waals surface area contributed by atoms with Crippen LogP contribution in [0.4, 0.5) is 16.3 Å². The van der Waals surface area contributed by atoms with Crippen molar-refractivity contribution < 1.29 is 24.2 Å². The third kappa shape index (κ3) is 5.93. The van der Waals surface area contributed by atoms with Gasteiger partial charge in [0, 0.05) is 7.05 Å². The minimum Gasteiger partial charge on any atom is -0.481 e. The lowest BCUT2D eigenvalue weighted by Gasteiger charge is -2.27. The molecule has 0 bridgehead atoms. The summed E-state index contributed by atoms with van der Waals surface area (Å²) in [7, 11) is 1.64. The van der Waals surface area contributed by atoms with Crippen molar-refractivity contribution >= 4 is 29.5 Å². The first kappa shape index (κ1) is 25.8. The maximum atomic E-state index is 12.9. The number of carboxylic acids is 1. The van der Waals surface area contributed by atoms with E-state index in [1.807, 2.05) is 30.3 Å². The molecule has 1 aliphatic carbocycles. The van der Waals surface area contributed by atoms with E-state index in [0.717, 1.165) is 18.4 Å². The number of carbonyl (C=O) groups excluding carboxylic acids is 2. The van der Waals surface area contributed by atoms with Gasteiger partial charge in [-0.3, -0.25) is 14.9 Å². The van der Waals surface area contributed by atoms with Crippen LogP contribution in [0.15, 0.2) is 42.5 Å². The van der Waals surface area contributed by atoms with Crippen molar-refractivity contribution in [2.75, 3.05) is 10.6 Å². The predicted molar refractivity (Wildman–Crippen MR) is 136 cm³/mol. The van der Waals surface area contributed by atoms with Crippen molar-refractivity contribution in [2.45, 2.75) is 45.6 Å². The summed E-state index contributed by atoms with van der Waals surface area (Å²) in [6, 6.07) is 12.7. The Morgan fingerprint density at radius 2 is 1.76 bits per heavy atom. The lowest BCUT2D eigenvalue weighted by molar-refractivity contribution is -0.147. The number of nitrogens with one attached hydrogen (secondary N) is 2. The van der Waals surface area contributed by atoms with Crippen LogP contribution in [0, 0.1) is 18.8 Å². The van der Waals surface area contributed by atoms with E-state index in [-0.39, 0.29) is 5.91 Å². The van der Waals surface area contributed by atoms with E-state index in [2.05, 4.69) is 25.9 Å². The molecule has 0 saturated heterocycles. The molecule has 11 nitrogen and oxygen atoms in total. The molecule has 37 heavy (non-hydrogen) atoms. The number of hydrogen-bond donors (Lipinski definition) is 3. The molecule has 11 heteroatoms. The molecular formula is C26H30N6O5. The van der Waals surface area contributed by atoms with E-state index in [4.69, 9.17) is 4.74 Å². The van der Waals surface area contributed by atoms with Crippen LogP contribution in [-0.2, 0) is 21.4 Å². The molecule has 194 valence electrons. The minimum absolute atomic E-state index is 0.306. The van der Waals surface area contributed by atoms with Gasteiger partial charge in [0.25, 0.3) is 0 Å². The maximum Gasteiger partial charge on any atom is 0.413 e. The van der Waals surface area contributed by atoms with Gasteiger partial charge in [0.1, 0.15) is 6.10 Å². The topological polar surface area (TPSA) is 148 Å². The number of aliphatic carboxylic acids is 1. The van der Waals surface area contributed by atoms with Gasteiger partial charge in [-0.15, -0.1) is 5.10 Å². The largest absolute Gasteiger partial charge is 0.481 e. The van der Waals surface area contributed by atoms with Gasteiger partial charge in [-0.25, -0.2) is 14.5 Å². The van der Waals surface area contributed by atoms with Crippen molar-refractivity contribution in [3.8, 4) is 11.4 Å². The molecule has 3 aromatic rings. The number of ether oxygens (including phenoxy) is 1. The van der Waals surface area contributed by atoms with Gasteiger partial charge in [0.05, 0.1) is 28.9 Å². The Balaban J connectivity index is 1.47. The number of anilines is 2. The van der Waals surface area contributed by atoms with Gasteiger partial charge in [-0.1, -0.05) is 48.4 Å². The molecular weight excluding hydrogens is 476 g/mol. The van der Waals surface area contributed by atoms with Gasteiger partial charge < -0.3 is 15.2 Å². The number of hydrogen-bond acceptors (Lipinski definition) is 7. The Kier molecular flexibility index (Phi) is 7.80. The van der Waals surface area contributed by atoms with E-state index >= 15 is 0 Å². The van der Waals surface area contributed by atoms with E-state index in [0.29, 0.717) is 41.4 Å². The molecule has 2 aromatic heterocycles. The summed E-state index contributed by atoms with van der Waals surface area (Å²) < 4.78 is 6.90. The summed E-state index contributed by atoms with van der Waals surface area (Å²) in [6.07, 6.45) is 1.55. The second-order valence-electron chi connectivity index (χ2n) is 9.15. The smallest absolute Gasteiger partial charge is 0.413 e. The number of carbonyl (C=O) groups is 3. The SMILES string of the molecule is Cc1nc(-c2nnn(C)c2NC(=O)OC(C)c2ccccc2)ccc1NC(=O)[C@H]1CCCC[C@@H]1C(=O)O. The molecule has 1 aromatic carbocycles. The van der Waals surface area contributed by atoms with Crippen LogP contribution >= 0.6 is 0 Å². The van der Waals surface area contributed by atoms with Crippen molar-refractivity contribution in [3.05, 3.63) is 53.7 Å². The molecule has 2 amide bonds. The molecule has 0 radical (unpaired) electrons. The molecule has 3 N–H and O–H groups in total. The van der Waals surface area contributed by atoms with E-state index in [9.17, 15) is 19.5 Å². The average Bonchev–Trinajstić information content (AvgIpc) is 3.25. The Morgan fingerprint density at radius 1 is 1.05 bits per heavy atom. The fourth-order valence-corrected chi connectivity index (χ4v) is 4.54. The maximum absolute atomic E-state index is 12.9. The third-order valence-electron chi connectivity index (χ3n) is 6.61. The Morgan fingerprint density at radius 3 is 2.43 bits per heavy atom. The zero-order valence-electron chi connectivity index (χ0n) is 21.0. The normalized spacial score (nSPS) is 18.0. The van der Waals surface area contributed by atoms with E-state index < -0.39 is 30.0 Å². The van der Waals surface area contributed by atoms with Crippen LogP contribution in [0.25, 0.3) is 11.4 Å². The van der Waals surface area contributed by atoms with Crippen LogP contribution in [-0.4, -0.2) is 43.1 Å². The Hall–Kier alpha value is -4.28. The first-order chi connectivity index (χ1) is 17.7. The molecule has 1 aliphatic rings. The van der Waals surface area contributed by atoms with Crippen LogP contribution in [0.1, 0.15) is 50.0 Å². The molecule has 3 atom stereocenters. The quantitative estimate of drug-likeness (QED) is 0.429. The Bertz CT molecular complexity index is 1290. The summed E-state index contributed by atoms with van der Waals surface area (Å²) in [4.78, 5) is 41.6. The van der Waals surface area contributed by atoms with E-state index in [1.54, 1.807) is 33.0 Å². The second-order valence-corrected chi connectivity index (χ2v) is 9.15. The highest BCUT2D eigenvalue weighted by Crippen LogP contribution is 2.32. The molecule has 0 aliphatic heterocycles. The number of aryl methyl sites for hydroxylation is 2. The van der Waals surface area contributed by atoms with Gasteiger partial charge in [0.15, 0.2) is 11.5 Å². The summed E-state index contributed by atoms with van der Waals surface area (Å²) in [5.41, 5.74) is 2.64. The monoisotopic (exact) mass is 506 g/mol. The van der Waals surface area contributed by atoms with Crippen LogP contribution in [0.2, 0.25) is 0 Å². The highest BCUT2D eigenvalue weighted by Gasteiger charge is 2.36. The fraction of sp³-hybridized carbons (Fsp3) is 0.385. The number of benzene rings is 1. The lowest BCUT2D eigenvalue weighted by atomic mass is 9.78. The first-order valence-corrected chi connectivity index (χ1v) is 12.2. The summed E-state index contributed by atoms with van der Waals surface area (Å²) in [5.74, 6) is -2.21. The van der Waals surface area contributed by atoms with Crippen LogP contribution in [0.5, 0.6) is 0 Å². The number of carboxylic acid groups (broad SMARTS) is 1. The van der Waals surface area contributed by atoms with E-state index in [1.165, 1.54) is 4.68 Å².